The first kappa shape index (κ1) is 24.0. The molecular formula is C22H31Cl2NOS. The number of rotatable bonds is 13. The summed E-state index contributed by atoms with van der Waals surface area (Å²) in [7, 11) is 0. The Bertz CT molecular complexity index is 594. The lowest BCUT2D eigenvalue weighted by Gasteiger charge is -2.07. The minimum absolute atomic E-state index is 0.605. The molecule has 0 aromatic heterocycles. The van der Waals surface area contributed by atoms with Gasteiger partial charge in [-0.25, -0.2) is 0 Å². The maximum Gasteiger partial charge on any atom is 0.122 e. The molecule has 0 saturated carbocycles. The van der Waals surface area contributed by atoms with Crippen molar-refractivity contribution < 1.29 is 4.74 Å². The highest BCUT2D eigenvalue weighted by atomic mass is 35.5. The molecule has 0 aliphatic rings. The molecule has 0 heterocycles. The summed E-state index contributed by atoms with van der Waals surface area (Å²) < 4.78 is 5.69. The number of hydrogen-bond acceptors (Lipinski definition) is 2. The number of halogens is 2. The molecule has 1 aromatic carbocycles. The van der Waals surface area contributed by atoms with E-state index in [1.54, 1.807) is 18.2 Å². The van der Waals surface area contributed by atoms with E-state index < -0.39 is 0 Å². The Kier molecular flexibility index (Phi) is 13.3. The van der Waals surface area contributed by atoms with Crippen LogP contribution in [0.5, 0.6) is 5.75 Å². The van der Waals surface area contributed by atoms with Crippen LogP contribution in [0.2, 0.25) is 10.0 Å². The summed E-state index contributed by atoms with van der Waals surface area (Å²) in [5.41, 5.74) is 0. The van der Waals surface area contributed by atoms with E-state index in [4.69, 9.17) is 40.2 Å². The summed E-state index contributed by atoms with van der Waals surface area (Å²) >= 11 is 17.1. The normalized spacial score (nSPS) is 11.6. The van der Waals surface area contributed by atoms with E-state index >= 15 is 0 Å². The molecule has 0 amide bonds. The molecule has 27 heavy (non-hydrogen) atoms. The summed E-state index contributed by atoms with van der Waals surface area (Å²) in [5.74, 6) is 1.35. The van der Waals surface area contributed by atoms with Crippen molar-refractivity contribution in [3.8, 4) is 5.75 Å². The molecule has 150 valence electrons. The van der Waals surface area contributed by atoms with Gasteiger partial charge in [0.2, 0.25) is 0 Å². The second kappa shape index (κ2) is 15.0. The van der Waals surface area contributed by atoms with Crippen molar-refractivity contribution >= 4 is 40.4 Å². The molecule has 1 aromatic rings. The highest BCUT2D eigenvalue weighted by Gasteiger charge is 1.99. The lowest BCUT2D eigenvalue weighted by molar-refractivity contribution is 0.304. The highest BCUT2D eigenvalue weighted by Crippen LogP contribution is 2.24. The Morgan fingerprint density at radius 1 is 1.04 bits per heavy atom. The zero-order chi connectivity index (χ0) is 19.9. The molecule has 0 unspecified atom stereocenters. The lowest BCUT2D eigenvalue weighted by atomic mass is 10.1. The summed E-state index contributed by atoms with van der Waals surface area (Å²) in [6.07, 6.45) is 15.2. The fourth-order valence-corrected chi connectivity index (χ4v) is 3.05. The van der Waals surface area contributed by atoms with Gasteiger partial charge in [0.15, 0.2) is 0 Å². The first-order valence-electron chi connectivity index (χ1n) is 9.67. The Morgan fingerprint density at radius 3 is 2.41 bits per heavy atom. The van der Waals surface area contributed by atoms with E-state index in [1.807, 2.05) is 12.2 Å². The van der Waals surface area contributed by atoms with Crippen molar-refractivity contribution in [3.05, 3.63) is 52.5 Å². The van der Waals surface area contributed by atoms with Gasteiger partial charge >= 0.3 is 0 Å². The molecule has 0 atom stereocenters. The monoisotopic (exact) mass is 427 g/mol. The van der Waals surface area contributed by atoms with E-state index in [-0.39, 0.29) is 0 Å². The maximum absolute atomic E-state index is 5.95. The smallest absolute Gasteiger partial charge is 0.122 e. The zero-order valence-electron chi connectivity index (χ0n) is 16.3. The minimum atomic E-state index is 0.605. The SMILES string of the molecule is CC(C)CNC(=S)C=CC=CCCCCCCCOc1cc(Cl)cc(Cl)c1. The van der Waals surface area contributed by atoms with Gasteiger partial charge in [-0.3, -0.25) is 0 Å². The highest BCUT2D eigenvalue weighted by molar-refractivity contribution is 7.80. The van der Waals surface area contributed by atoms with E-state index in [2.05, 4.69) is 31.3 Å². The van der Waals surface area contributed by atoms with E-state index in [9.17, 15) is 0 Å². The molecule has 1 rings (SSSR count). The fourth-order valence-electron chi connectivity index (χ4n) is 2.38. The average molecular weight is 428 g/mol. The van der Waals surface area contributed by atoms with Gasteiger partial charge in [0, 0.05) is 16.6 Å². The molecule has 0 saturated heterocycles. The molecule has 0 radical (unpaired) electrons. The third-order valence-electron chi connectivity index (χ3n) is 3.80. The second-order valence-electron chi connectivity index (χ2n) is 6.94. The average Bonchev–Trinajstić information content (AvgIpc) is 2.60. The molecule has 2 nitrogen and oxygen atoms in total. The number of ether oxygens (including phenoxy) is 1. The lowest BCUT2D eigenvalue weighted by Crippen LogP contribution is -2.23. The quantitative estimate of drug-likeness (QED) is 0.153. The van der Waals surface area contributed by atoms with Crippen molar-refractivity contribution in [3.63, 3.8) is 0 Å². The van der Waals surface area contributed by atoms with Gasteiger partial charge < -0.3 is 10.1 Å². The summed E-state index contributed by atoms with van der Waals surface area (Å²) in [6, 6.07) is 5.29. The molecule has 0 aliphatic carbocycles. The van der Waals surface area contributed by atoms with Crippen LogP contribution in [0.25, 0.3) is 0 Å². The van der Waals surface area contributed by atoms with Crippen LogP contribution in [-0.2, 0) is 0 Å². The topological polar surface area (TPSA) is 21.3 Å². The van der Waals surface area contributed by atoms with Gasteiger partial charge in [-0.05, 0) is 49.5 Å². The molecule has 0 fully saturated rings. The van der Waals surface area contributed by atoms with Crippen LogP contribution < -0.4 is 10.1 Å². The molecule has 0 bridgehead atoms. The zero-order valence-corrected chi connectivity index (χ0v) is 18.7. The van der Waals surface area contributed by atoms with Gasteiger partial charge in [0.25, 0.3) is 0 Å². The first-order chi connectivity index (χ1) is 13.0. The van der Waals surface area contributed by atoms with Gasteiger partial charge in [-0.2, -0.15) is 0 Å². The predicted molar refractivity (Wildman–Crippen MR) is 123 cm³/mol. The van der Waals surface area contributed by atoms with Gasteiger partial charge in [0.1, 0.15) is 5.75 Å². The molecular weight excluding hydrogens is 397 g/mol. The number of benzene rings is 1. The molecule has 5 heteroatoms. The van der Waals surface area contributed by atoms with Crippen molar-refractivity contribution in [2.45, 2.75) is 52.4 Å². The van der Waals surface area contributed by atoms with E-state index in [0.717, 1.165) is 30.1 Å². The van der Waals surface area contributed by atoms with Crippen LogP contribution >= 0.6 is 35.4 Å². The molecule has 0 aliphatic heterocycles. The molecule has 1 N–H and O–H groups in total. The van der Waals surface area contributed by atoms with Crippen LogP contribution in [-0.4, -0.2) is 18.1 Å². The first-order valence-corrected chi connectivity index (χ1v) is 10.8. The standard InChI is InChI=1S/C22H31Cl2NOS/c1-18(2)17-25-22(27)12-10-8-6-4-3-5-7-9-11-13-26-21-15-19(23)14-20(24)16-21/h6,8,10,12,14-16,18H,3-5,7,9,11,13,17H2,1-2H3,(H,25,27). The third-order valence-corrected chi connectivity index (χ3v) is 4.52. The van der Waals surface area contributed by atoms with Crippen molar-refractivity contribution in [2.24, 2.45) is 5.92 Å². The fraction of sp³-hybridized carbons (Fsp3) is 0.500. The van der Waals surface area contributed by atoms with Crippen LogP contribution in [0.3, 0.4) is 0 Å². The van der Waals surface area contributed by atoms with Crippen molar-refractivity contribution in [2.75, 3.05) is 13.2 Å². The largest absolute Gasteiger partial charge is 0.493 e. The van der Waals surface area contributed by atoms with Crippen molar-refractivity contribution in [1.29, 1.82) is 0 Å². The van der Waals surface area contributed by atoms with E-state index in [0.29, 0.717) is 22.6 Å². The Balaban J connectivity index is 1.97. The summed E-state index contributed by atoms with van der Waals surface area (Å²) in [4.78, 5) is 0.801. The minimum Gasteiger partial charge on any atom is -0.493 e. The number of allylic oxidation sites excluding steroid dienone is 3. The Morgan fingerprint density at radius 2 is 1.70 bits per heavy atom. The Labute approximate surface area is 180 Å². The second-order valence-corrected chi connectivity index (χ2v) is 8.25. The Hall–Kier alpha value is -1.03. The number of nitrogens with one attached hydrogen (secondary N) is 1. The van der Waals surface area contributed by atoms with Crippen molar-refractivity contribution in [1.82, 2.24) is 5.32 Å². The predicted octanol–water partition coefficient (Wildman–Crippen LogP) is 7.40. The summed E-state index contributed by atoms with van der Waals surface area (Å²) in [5, 5.41) is 4.43. The van der Waals surface area contributed by atoms with Gasteiger partial charge in [-0.1, -0.05) is 86.8 Å². The molecule has 0 spiro atoms. The van der Waals surface area contributed by atoms with Crippen LogP contribution in [0, 0.1) is 5.92 Å². The maximum atomic E-state index is 5.95. The number of thiocarbonyl (C=S) groups is 1. The third kappa shape index (κ3) is 13.7. The number of unbranched alkanes of at least 4 members (excludes halogenated alkanes) is 5. The van der Waals surface area contributed by atoms with Gasteiger partial charge in [-0.15, -0.1) is 0 Å². The van der Waals surface area contributed by atoms with Crippen LogP contribution in [0.15, 0.2) is 42.5 Å². The summed E-state index contributed by atoms with van der Waals surface area (Å²) in [6.45, 7) is 5.96. The number of hydrogen-bond donors (Lipinski definition) is 1. The van der Waals surface area contributed by atoms with Crippen LogP contribution in [0.1, 0.15) is 52.4 Å². The van der Waals surface area contributed by atoms with Crippen LogP contribution in [0.4, 0.5) is 0 Å². The van der Waals surface area contributed by atoms with Gasteiger partial charge in [0.05, 0.1) is 11.6 Å². The van der Waals surface area contributed by atoms with E-state index in [1.165, 1.54) is 25.7 Å².